The number of fused-ring (bicyclic) bond motifs is 3. The van der Waals surface area contributed by atoms with Crippen LogP contribution >= 0.6 is 0 Å². The maximum absolute atomic E-state index is 13.8. The number of amides is 4. The Hall–Kier alpha value is -3.68. The first-order valence-electron chi connectivity index (χ1n) is 13.5. The molecule has 8 nitrogen and oxygen atoms in total. The number of nitrogens with two attached hydrogens (primary N) is 1. The molecule has 0 unspecified atom stereocenters. The van der Waals surface area contributed by atoms with Crippen molar-refractivity contribution in [2.45, 2.75) is 45.6 Å². The van der Waals surface area contributed by atoms with E-state index in [9.17, 15) is 19.2 Å². The zero-order chi connectivity index (χ0) is 27.0. The number of primary amides is 1. The highest BCUT2D eigenvalue weighted by molar-refractivity contribution is 6.10. The van der Waals surface area contributed by atoms with Crippen molar-refractivity contribution in [3.05, 3.63) is 65.7 Å². The fourth-order valence-electron chi connectivity index (χ4n) is 6.81. The van der Waals surface area contributed by atoms with Crippen LogP contribution in [0.15, 0.2) is 54.6 Å². The van der Waals surface area contributed by atoms with Crippen LogP contribution < -0.4 is 11.1 Å². The van der Waals surface area contributed by atoms with Gasteiger partial charge in [-0.1, -0.05) is 56.3 Å². The number of hydrogen-bond donors (Lipinski definition) is 2. The van der Waals surface area contributed by atoms with E-state index >= 15 is 0 Å². The average molecular weight is 517 g/mol. The number of rotatable bonds is 8. The minimum Gasteiger partial charge on any atom is -0.368 e. The second-order valence-electron chi connectivity index (χ2n) is 11.6. The van der Waals surface area contributed by atoms with Crippen molar-refractivity contribution in [3.8, 4) is 0 Å². The van der Waals surface area contributed by atoms with Crippen LogP contribution in [-0.2, 0) is 20.8 Å². The van der Waals surface area contributed by atoms with Crippen molar-refractivity contribution >= 4 is 29.3 Å². The molecule has 4 atom stereocenters. The highest BCUT2D eigenvalue weighted by atomic mass is 16.2. The second kappa shape index (κ2) is 10.2. The van der Waals surface area contributed by atoms with E-state index in [1.54, 1.807) is 24.3 Å². The van der Waals surface area contributed by atoms with E-state index in [1.807, 2.05) is 30.3 Å². The fourth-order valence-corrected chi connectivity index (χ4v) is 6.81. The van der Waals surface area contributed by atoms with Crippen molar-refractivity contribution in [2.75, 3.05) is 25.0 Å². The minimum absolute atomic E-state index is 0.208. The summed E-state index contributed by atoms with van der Waals surface area (Å²) >= 11 is 0. The van der Waals surface area contributed by atoms with Crippen LogP contribution in [0.4, 0.5) is 5.69 Å². The van der Waals surface area contributed by atoms with Crippen LogP contribution in [0, 0.1) is 23.2 Å². The lowest BCUT2D eigenvalue weighted by atomic mass is 9.45. The van der Waals surface area contributed by atoms with E-state index in [2.05, 4.69) is 19.2 Å². The number of carbonyl (C=O) groups excluding carboxylic acids is 4. The number of hydrogen-bond acceptors (Lipinski definition) is 4. The Morgan fingerprint density at radius 1 is 1.05 bits per heavy atom. The quantitative estimate of drug-likeness (QED) is 0.561. The van der Waals surface area contributed by atoms with Gasteiger partial charge in [0.2, 0.25) is 17.7 Å². The monoisotopic (exact) mass is 516 g/mol. The lowest BCUT2D eigenvalue weighted by Gasteiger charge is -2.60. The third-order valence-corrected chi connectivity index (χ3v) is 9.09. The number of carbonyl (C=O) groups is 4. The third kappa shape index (κ3) is 4.91. The lowest BCUT2D eigenvalue weighted by Crippen LogP contribution is -2.57. The molecular formula is C30H36N4O4. The molecule has 2 bridgehead atoms. The summed E-state index contributed by atoms with van der Waals surface area (Å²) in [6, 6.07) is 15.4. The number of benzene rings is 2. The predicted molar refractivity (Wildman–Crippen MR) is 144 cm³/mol. The van der Waals surface area contributed by atoms with E-state index in [0.29, 0.717) is 23.7 Å². The van der Waals surface area contributed by atoms with Crippen molar-refractivity contribution in [1.29, 1.82) is 0 Å². The number of nitrogens with one attached hydrogen (secondary N) is 1. The Bertz CT molecular complexity index is 1240. The summed E-state index contributed by atoms with van der Waals surface area (Å²) in [5.41, 5.74) is 7.42. The number of anilines is 1. The van der Waals surface area contributed by atoms with Gasteiger partial charge in [0.05, 0.1) is 17.8 Å². The minimum atomic E-state index is -0.891. The van der Waals surface area contributed by atoms with Crippen molar-refractivity contribution < 1.29 is 19.2 Å². The molecule has 2 aromatic carbocycles. The summed E-state index contributed by atoms with van der Waals surface area (Å²) in [5.74, 6) is -0.220. The van der Waals surface area contributed by atoms with Gasteiger partial charge in [0, 0.05) is 13.0 Å². The van der Waals surface area contributed by atoms with Crippen molar-refractivity contribution in [3.63, 3.8) is 0 Å². The smallest absolute Gasteiger partial charge is 0.257 e. The van der Waals surface area contributed by atoms with Gasteiger partial charge in [-0.05, 0) is 60.1 Å². The Kier molecular flexibility index (Phi) is 6.99. The van der Waals surface area contributed by atoms with Crippen molar-refractivity contribution in [1.82, 2.24) is 9.80 Å². The van der Waals surface area contributed by atoms with Gasteiger partial charge in [0.25, 0.3) is 5.91 Å². The van der Waals surface area contributed by atoms with Gasteiger partial charge in [0.15, 0.2) is 0 Å². The molecule has 0 saturated heterocycles. The molecule has 4 aliphatic rings. The van der Waals surface area contributed by atoms with Gasteiger partial charge in [-0.3, -0.25) is 19.2 Å². The SMILES string of the molecule is CC1(C)[C@@H]2CC[C@@H](CN(CC(N)=O)C(=O)CN3C(=O)c4ccccc4NC(=O)[C@@H]3Cc3ccccc3)[C@H]1C2. The van der Waals surface area contributed by atoms with Gasteiger partial charge in [-0.25, -0.2) is 0 Å². The summed E-state index contributed by atoms with van der Waals surface area (Å²) in [5, 5.41) is 2.87. The maximum atomic E-state index is 13.8. The molecule has 3 saturated carbocycles. The second-order valence-corrected chi connectivity index (χ2v) is 11.6. The summed E-state index contributed by atoms with van der Waals surface area (Å²) in [4.78, 5) is 55.8. The zero-order valence-electron chi connectivity index (χ0n) is 22.1. The Morgan fingerprint density at radius 3 is 2.45 bits per heavy atom. The molecule has 0 aromatic heterocycles. The van der Waals surface area contributed by atoms with E-state index in [-0.39, 0.29) is 42.7 Å². The molecule has 3 N–H and O–H groups in total. The molecule has 1 aliphatic heterocycles. The van der Waals surface area contributed by atoms with E-state index in [1.165, 1.54) is 9.80 Å². The maximum Gasteiger partial charge on any atom is 0.257 e. The largest absolute Gasteiger partial charge is 0.368 e. The van der Waals surface area contributed by atoms with Gasteiger partial charge < -0.3 is 20.9 Å². The molecule has 0 spiro atoms. The first kappa shape index (κ1) is 25.9. The fraction of sp³-hybridized carbons (Fsp3) is 0.467. The van der Waals surface area contributed by atoms with Crippen LogP contribution in [-0.4, -0.2) is 59.1 Å². The number of nitrogens with zero attached hydrogens (tertiary/aromatic N) is 2. The summed E-state index contributed by atoms with van der Waals surface area (Å²) < 4.78 is 0. The molecule has 4 amide bonds. The standard InChI is InChI=1S/C30H36N4O4/c1-30(2)21-13-12-20(23(30)15-21)16-33(17-26(31)35)27(36)18-34-25(14-19-8-4-3-5-9-19)28(37)32-24-11-7-6-10-22(24)29(34)38/h3-11,20-21,23,25H,12-18H2,1-2H3,(H2,31,35)(H,32,37)/t20-,21+,23+,25-/m0/s1. The normalized spacial score (nSPS) is 25.5. The summed E-state index contributed by atoms with van der Waals surface area (Å²) in [6.45, 7) is 4.49. The van der Waals surface area contributed by atoms with Crippen molar-refractivity contribution in [2.24, 2.45) is 28.9 Å². The highest BCUT2D eigenvalue weighted by Gasteiger charge is 2.54. The molecule has 38 heavy (non-hydrogen) atoms. The first-order valence-corrected chi connectivity index (χ1v) is 13.5. The van der Waals surface area contributed by atoms with Crippen LogP contribution in [0.25, 0.3) is 0 Å². The molecule has 3 aliphatic carbocycles. The summed E-state index contributed by atoms with van der Waals surface area (Å²) in [6.07, 6.45) is 3.54. The average Bonchev–Trinajstić information content (AvgIpc) is 2.99. The van der Waals surface area contributed by atoms with Crippen LogP contribution in [0.1, 0.15) is 49.0 Å². The summed E-state index contributed by atoms with van der Waals surface area (Å²) in [7, 11) is 0. The molecule has 2 aromatic rings. The van der Waals surface area contributed by atoms with Gasteiger partial charge in [-0.2, -0.15) is 0 Å². The highest BCUT2D eigenvalue weighted by Crippen LogP contribution is 2.61. The zero-order valence-corrected chi connectivity index (χ0v) is 22.1. The molecule has 3 fully saturated rings. The Labute approximate surface area is 223 Å². The molecule has 8 heteroatoms. The first-order chi connectivity index (χ1) is 18.1. The predicted octanol–water partition coefficient (Wildman–Crippen LogP) is 3.08. The number of para-hydroxylation sites is 1. The molecule has 1 heterocycles. The van der Waals surface area contributed by atoms with Crippen LogP contribution in [0.2, 0.25) is 0 Å². The molecular weight excluding hydrogens is 480 g/mol. The van der Waals surface area contributed by atoms with E-state index in [0.717, 1.165) is 30.7 Å². The van der Waals surface area contributed by atoms with E-state index in [4.69, 9.17) is 5.73 Å². The van der Waals surface area contributed by atoms with Gasteiger partial charge in [0.1, 0.15) is 12.6 Å². The third-order valence-electron chi connectivity index (χ3n) is 9.09. The lowest BCUT2D eigenvalue weighted by molar-refractivity contribution is -0.143. The molecule has 6 rings (SSSR count). The van der Waals surface area contributed by atoms with Crippen LogP contribution in [0.5, 0.6) is 0 Å². The Morgan fingerprint density at radius 2 is 1.76 bits per heavy atom. The molecule has 0 radical (unpaired) electrons. The molecule has 200 valence electrons. The van der Waals surface area contributed by atoms with Gasteiger partial charge >= 0.3 is 0 Å². The Balaban J connectivity index is 1.42. The van der Waals surface area contributed by atoms with E-state index < -0.39 is 17.9 Å². The topological polar surface area (TPSA) is 113 Å². The van der Waals surface area contributed by atoms with Crippen LogP contribution in [0.3, 0.4) is 0 Å². The van der Waals surface area contributed by atoms with Gasteiger partial charge in [-0.15, -0.1) is 0 Å².